The molecule has 0 radical (unpaired) electrons. The highest BCUT2D eigenvalue weighted by Gasteiger charge is 2.43. The molecule has 1 aromatic heterocycles. The molecule has 2 amide bonds. The van der Waals surface area contributed by atoms with Gasteiger partial charge in [0.15, 0.2) is 0 Å². The normalized spacial score (nSPS) is 17.4. The van der Waals surface area contributed by atoms with E-state index >= 15 is 0 Å². The lowest BCUT2D eigenvalue weighted by atomic mass is 9.81. The Balaban J connectivity index is 1.42. The molecule has 1 N–H and O–H groups in total. The van der Waals surface area contributed by atoms with E-state index in [4.69, 9.17) is 4.74 Å². The van der Waals surface area contributed by atoms with Gasteiger partial charge in [-0.2, -0.15) is 0 Å². The third-order valence-corrected chi connectivity index (χ3v) is 6.74. The Morgan fingerprint density at radius 2 is 1.58 bits per heavy atom. The highest BCUT2D eigenvalue weighted by Crippen LogP contribution is 2.43. The topological polar surface area (TPSA) is 58.6 Å². The number of amides is 2. The summed E-state index contributed by atoms with van der Waals surface area (Å²) in [6, 6.07) is 27.7. The van der Waals surface area contributed by atoms with Crippen molar-refractivity contribution in [3.63, 3.8) is 0 Å². The number of nitrogens with one attached hydrogen (secondary N) is 1. The van der Waals surface area contributed by atoms with Gasteiger partial charge in [-0.25, -0.2) is 0 Å². The van der Waals surface area contributed by atoms with E-state index in [-0.39, 0.29) is 17.9 Å². The number of ether oxygens (including phenoxy) is 1. The Bertz CT molecular complexity index is 1270. The summed E-state index contributed by atoms with van der Waals surface area (Å²) in [5.41, 5.74) is 1.99. The molecule has 0 saturated carbocycles. The van der Waals surface area contributed by atoms with Gasteiger partial charge in [0.2, 0.25) is 5.91 Å². The molecule has 6 heteroatoms. The molecule has 33 heavy (non-hydrogen) atoms. The first-order chi connectivity index (χ1) is 16.1. The average Bonchev–Trinajstić information content (AvgIpc) is 3.37. The van der Waals surface area contributed by atoms with Crippen LogP contribution in [0.25, 0.3) is 0 Å². The molecule has 2 heterocycles. The number of benzene rings is 3. The third kappa shape index (κ3) is 4.13. The van der Waals surface area contributed by atoms with Crippen LogP contribution in [0.15, 0.2) is 96.4 Å². The molecule has 0 unspecified atom stereocenters. The largest absolute Gasteiger partial charge is 0.457 e. The van der Waals surface area contributed by atoms with Crippen LogP contribution in [-0.4, -0.2) is 23.8 Å². The van der Waals surface area contributed by atoms with Crippen LogP contribution in [-0.2, 0) is 4.79 Å². The van der Waals surface area contributed by atoms with Gasteiger partial charge in [-0.1, -0.05) is 42.5 Å². The second-order valence-electron chi connectivity index (χ2n) is 7.87. The van der Waals surface area contributed by atoms with E-state index in [0.29, 0.717) is 17.0 Å². The number of carbonyl (C=O) groups excluding carboxylic acids is 2. The van der Waals surface area contributed by atoms with Crippen molar-refractivity contribution in [1.29, 1.82) is 0 Å². The third-order valence-electron chi connectivity index (χ3n) is 5.80. The minimum Gasteiger partial charge on any atom is -0.457 e. The molecule has 0 spiro atoms. The van der Waals surface area contributed by atoms with Crippen LogP contribution in [0.1, 0.15) is 32.8 Å². The average molecular weight is 455 g/mol. The van der Waals surface area contributed by atoms with E-state index in [1.807, 2.05) is 90.3 Å². The van der Waals surface area contributed by atoms with Crippen LogP contribution >= 0.6 is 11.3 Å². The number of anilines is 1. The van der Waals surface area contributed by atoms with Crippen molar-refractivity contribution >= 4 is 28.8 Å². The summed E-state index contributed by atoms with van der Waals surface area (Å²) in [6.07, 6.45) is 0. The van der Waals surface area contributed by atoms with Crippen molar-refractivity contribution in [3.05, 3.63) is 112 Å². The summed E-state index contributed by atoms with van der Waals surface area (Å²) in [7, 11) is 1.76. The molecule has 0 saturated heterocycles. The standard InChI is InChI=1S/C27H22N2O3S/c1-29-25(23-12-7-17-33-23)24(21-10-5-6-11-22(21)27(29)31)26(30)28-18-13-15-20(16-14-18)32-19-8-3-2-4-9-19/h2-17,24-25H,1H3,(H,28,30)/t24-,25-/m1/s1. The van der Waals surface area contributed by atoms with E-state index in [2.05, 4.69) is 5.32 Å². The summed E-state index contributed by atoms with van der Waals surface area (Å²) < 4.78 is 5.84. The Morgan fingerprint density at radius 1 is 0.879 bits per heavy atom. The summed E-state index contributed by atoms with van der Waals surface area (Å²) in [4.78, 5) is 29.3. The zero-order valence-electron chi connectivity index (χ0n) is 18.0. The smallest absolute Gasteiger partial charge is 0.254 e. The molecular weight excluding hydrogens is 432 g/mol. The van der Waals surface area contributed by atoms with Crippen molar-refractivity contribution in [2.75, 3.05) is 12.4 Å². The number of nitrogens with zero attached hydrogens (tertiary/aromatic N) is 1. The first kappa shape index (κ1) is 21.0. The van der Waals surface area contributed by atoms with E-state index in [1.165, 1.54) is 0 Å². The molecule has 5 rings (SSSR count). The van der Waals surface area contributed by atoms with Crippen molar-refractivity contribution < 1.29 is 14.3 Å². The minimum absolute atomic E-state index is 0.0736. The Hall–Kier alpha value is -3.90. The number of para-hydroxylation sites is 1. The van der Waals surface area contributed by atoms with Crippen molar-refractivity contribution in [2.24, 2.45) is 0 Å². The number of fused-ring (bicyclic) bond motifs is 1. The van der Waals surface area contributed by atoms with Crippen molar-refractivity contribution in [1.82, 2.24) is 4.90 Å². The first-order valence-corrected chi connectivity index (χ1v) is 11.5. The van der Waals surface area contributed by atoms with Gasteiger partial charge < -0.3 is 15.0 Å². The van der Waals surface area contributed by atoms with E-state index in [0.717, 1.165) is 16.2 Å². The van der Waals surface area contributed by atoms with Gasteiger partial charge in [-0.05, 0) is 59.5 Å². The van der Waals surface area contributed by atoms with Crippen LogP contribution in [0.3, 0.4) is 0 Å². The number of hydrogen-bond acceptors (Lipinski definition) is 4. The Kier molecular flexibility index (Phi) is 5.67. The number of thiophene rings is 1. The minimum atomic E-state index is -0.525. The highest BCUT2D eigenvalue weighted by molar-refractivity contribution is 7.10. The van der Waals surface area contributed by atoms with Gasteiger partial charge in [0, 0.05) is 23.2 Å². The maximum Gasteiger partial charge on any atom is 0.254 e. The molecular formula is C27H22N2O3S. The molecule has 5 nitrogen and oxygen atoms in total. The molecule has 0 bridgehead atoms. The van der Waals surface area contributed by atoms with Gasteiger partial charge in [0.25, 0.3) is 5.91 Å². The monoisotopic (exact) mass is 454 g/mol. The lowest BCUT2D eigenvalue weighted by Gasteiger charge is -2.39. The fraction of sp³-hybridized carbons (Fsp3) is 0.111. The lowest BCUT2D eigenvalue weighted by Crippen LogP contribution is -2.43. The summed E-state index contributed by atoms with van der Waals surface area (Å²) in [5.74, 6) is 0.679. The van der Waals surface area contributed by atoms with Crippen molar-refractivity contribution in [2.45, 2.75) is 12.0 Å². The fourth-order valence-corrected chi connectivity index (χ4v) is 5.13. The second-order valence-corrected chi connectivity index (χ2v) is 8.85. The van der Waals surface area contributed by atoms with E-state index in [1.54, 1.807) is 29.4 Å². The number of carbonyl (C=O) groups is 2. The van der Waals surface area contributed by atoms with Gasteiger partial charge >= 0.3 is 0 Å². The molecule has 4 aromatic rings. The predicted molar refractivity (Wildman–Crippen MR) is 130 cm³/mol. The maximum absolute atomic E-state index is 13.6. The highest BCUT2D eigenvalue weighted by atomic mass is 32.1. The molecule has 164 valence electrons. The second kappa shape index (κ2) is 8.92. The van der Waals surface area contributed by atoms with E-state index < -0.39 is 5.92 Å². The fourth-order valence-electron chi connectivity index (χ4n) is 4.22. The Morgan fingerprint density at radius 3 is 2.30 bits per heavy atom. The molecule has 0 fully saturated rings. The molecule has 2 atom stereocenters. The number of rotatable bonds is 5. The molecule has 1 aliphatic heterocycles. The van der Waals surface area contributed by atoms with E-state index in [9.17, 15) is 9.59 Å². The Labute approximate surface area is 196 Å². The SMILES string of the molecule is CN1C(=O)c2ccccc2[C@@H](C(=O)Nc2ccc(Oc3ccccc3)cc2)[C@H]1c1cccs1. The van der Waals surface area contributed by atoms with Gasteiger partial charge in [-0.15, -0.1) is 11.3 Å². The van der Waals surface area contributed by atoms with Crippen LogP contribution in [0, 0.1) is 0 Å². The van der Waals surface area contributed by atoms with Gasteiger partial charge in [-0.3, -0.25) is 9.59 Å². The van der Waals surface area contributed by atoms with Crippen molar-refractivity contribution in [3.8, 4) is 11.5 Å². The summed E-state index contributed by atoms with van der Waals surface area (Å²) >= 11 is 1.55. The number of likely N-dealkylation sites (N-methyl/N-ethyl adjacent to an activating group) is 1. The van der Waals surface area contributed by atoms with Gasteiger partial charge in [0.1, 0.15) is 11.5 Å². The van der Waals surface area contributed by atoms with Crippen LogP contribution < -0.4 is 10.1 Å². The predicted octanol–water partition coefficient (Wildman–Crippen LogP) is 6.09. The lowest BCUT2D eigenvalue weighted by molar-refractivity contribution is -0.119. The van der Waals surface area contributed by atoms with Crippen LogP contribution in [0.5, 0.6) is 11.5 Å². The molecule has 0 aliphatic carbocycles. The van der Waals surface area contributed by atoms with Crippen LogP contribution in [0.4, 0.5) is 5.69 Å². The van der Waals surface area contributed by atoms with Gasteiger partial charge in [0.05, 0.1) is 12.0 Å². The molecule has 3 aromatic carbocycles. The first-order valence-electron chi connectivity index (χ1n) is 10.6. The summed E-state index contributed by atoms with van der Waals surface area (Å²) in [5, 5.41) is 5.01. The zero-order valence-corrected chi connectivity index (χ0v) is 18.8. The quantitative estimate of drug-likeness (QED) is 0.397. The van der Waals surface area contributed by atoms with Crippen LogP contribution in [0.2, 0.25) is 0 Å². The zero-order chi connectivity index (χ0) is 22.8. The maximum atomic E-state index is 13.6. The number of hydrogen-bond donors (Lipinski definition) is 1. The molecule has 1 aliphatic rings. The summed E-state index contributed by atoms with van der Waals surface area (Å²) in [6.45, 7) is 0.